The van der Waals surface area contributed by atoms with Crippen molar-refractivity contribution in [3.63, 3.8) is 0 Å². The molecule has 0 aliphatic carbocycles. The number of urea groups is 1. The van der Waals surface area contributed by atoms with Crippen molar-refractivity contribution >= 4 is 61.9 Å². The van der Waals surface area contributed by atoms with Gasteiger partial charge in [-0.25, -0.2) is 33.1 Å². The predicted octanol–water partition coefficient (Wildman–Crippen LogP) is 3.51. The van der Waals surface area contributed by atoms with E-state index < -0.39 is 21.8 Å². The second kappa shape index (κ2) is 8.81. The van der Waals surface area contributed by atoms with Crippen molar-refractivity contribution in [2.75, 3.05) is 28.4 Å². The second-order valence-electron chi connectivity index (χ2n) is 8.98. The normalized spacial score (nSPS) is 14.2. The van der Waals surface area contributed by atoms with E-state index >= 15 is 0 Å². The van der Waals surface area contributed by atoms with Crippen LogP contribution in [0.15, 0.2) is 29.0 Å². The largest absolute Gasteiger partial charge is 0.330 e. The van der Waals surface area contributed by atoms with Gasteiger partial charge in [-0.3, -0.25) is 14.6 Å². The van der Waals surface area contributed by atoms with E-state index in [9.17, 15) is 18.0 Å². The average Bonchev–Trinajstić information content (AvgIpc) is 3.28. The molecule has 0 unspecified atom stereocenters. The number of nitrogens with zero attached hydrogens (tertiary/aromatic N) is 6. The maximum absolute atomic E-state index is 13.1. The van der Waals surface area contributed by atoms with Gasteiger partial charge in [-0.1, -0.05) is 32.4 Å². The van der Waals surface area contributed by atoms with Crippen molar-refractivity contribution in [2.24, 2.45) is 0 Å². The molecular formula is C21H22ClN7O4S2. The van der Waals surface area contributed by atoms with E-state index in [0.29, 0.717) is 11.3 Å². The summed E-state index contributed by atoms with van der Waals surface area (Å²) in [6.07, 6.45) is 3.73. The fourth-order valence-electron chi connectivity index (χ4n) is 3.27. The highest BCUT2D eigenvalue weighted by Gasteiger charge is 2.33. The molecule has 35 heavy (non-hydrogen) atoms. The molecule has 0 bridgehead atoms. The zero-order valence-electron chi connectivity index (χ0n) is 19.5. The molecule has 3 amide bonds. The summed E-state index contributed by atoms with van der Waals surface area (Å²) >= 11 is 7.71. The number of pyridine rings is 1. The van der Waals surface area contributed by atoms with Crippen molar-refractivity contribution in [1.82, 2.24) is 19.9 Å². The Morgan fingerprint density at radius 1 is 1.20 bits per heavy atom. The minimum absolute atomic E-state index is 0.0301. The summed E-state index contributed by atoms with van der Waals surface area (Å²) < 4.78 is 23.6. The lowest BCUT2D eigenvalue weighted by Crippen LogP contribution is -2.46. The summed E-state index contributed by atoms with van der Waals surface area (Å²) in [6.45, 7) is 6.07. The first-order chi connectivity index (χ1) is 16.3. The molecular weight excluding hydrogens is 514 g/mol. The van der Waals surface area contributed by atoms with Gasteiger partial charge < -0.3 is 5.32 Å². The molecule has 0 fully saturated rings. The van der Waals surface area contributed by atoms with Crippen LogP contribution >= 0.6 is 22.9 Å². The van der Waals surface area contributed by atoms with Crippen LogP contribution in [0, 0.1) is 0 Å². The SMILES string of the molecule is CN1C(=O)N(c2cc(NC(=O)c3csc(C(C)(C)C)n3)cnc2Cl)Cc2cnc(S(C)(=O)=O)nc21. The zero-order chi connectivity index (χ0) is 25.7. The topological polar surface area (TPSA) is 138 Å². The molecule has 0 spiro atoms. The van der Waals surface area contributed by atoms with Gasteiger partial charge in [0.15, 0.2) is 5.15 Å². The maximum Gasteiger partial charge on any atom is 0.330 e. The van der Waals surface area contributed by atoms with E-state index in [1.165, 1.54) is 46.6 Å². The fourth-order valence-corrected chi connectivity index (χ4v) is 4.86. The standard InChI is InChI=1S/C21H22ClN7O4S2/c1-21(2,3)18-26-13(10-34-18)17(30)25-12-6-14(15(22)23-8-12)29-9-11-7-24-19(35(5,32)33)27-16(11)28(4)20(29)31/h6-8,10H,9H2,1-5H3,(H,25,30). The molecule has 184 valence electrons. The number of halogens is 1. The predicted molar refractivity (Wildman–Crippen MR) is 133 cm³/mol. The third-order valence-electron chi connectivity index (χ3n) is 5.06. The van der Waals surface area contributed by atoms with E-state index in [0.717, 1.165) is 11.3 Å². The molecule has 1 aliphatic rings. The van der Waals surface area contributed by atoms with Gasteiger partial charge in [-0.15, -0.1) is 11.3 Å². The number of hydrogen-bond donors (Lipinski definition) is 1. The van der Waals surface area contributed by atoms with E-state index in [2.05, 4.69) is 25.3 Å². The molecule has 14 heteroatoms. The van der Waals surface area contributed by atoms with Gasteiger partial charge in [-0.05, 0) is 6.07 Å². The highest BCUT2D eigenvalue weighted by molar-refractivity contribution is 7.90. The Morgan fingerprint density at radius 2 is 1.91 bits per heavy atom. The smallest absolute Gasteiger partial charge is 0.319 e. The number of sulfone groups is 1. The van der Waals surface area contributed by atoms with Crippen LogP contribution in [0.2, 0.25) is 5.15 Å². The summed E-state index contributed by atoms with van der Waals surface area (Å²) in [6, 6.07) is 1.03. The fraction of sp³-hybridized carbons (Fsp3) is 0.333. The van der Waals surface area contributed by atoms with Crippen molar-refractivity contribution in [1.29, 1.82) is 0 Å². The van der Waals surface area contributed by atoms with Gasteiger partial charge in [-0.2, -0.15) is 0 Å². The lowest BCUT2D eigenvalue weighted by atomic mass is 9.98. The molecule has 11 nitrogen and oxygen atoms in total. The maximum atomic E-state index is 13.1. The number of rotatable bonds is 4. The number of carbonyl (C=O) groups is 2. The Kier molecular flexibility index (Phi) is 6.28. The number of thiazole rings is 1. The minimum Gasteiger partial charge on any atom is -0.319 e. The summed E-state index contributed by atoms with van der Waals surface area (Å²) in [7, 11) is -2.18. The Bertz CT molecular complexity index is 1450. The van der Waals surface area contributed by atoms with E-state index in [1.54, 1.807) is 5.38 Å². The Balaban J connectivity index is 1.62. The zero-order valence-corrected chi connectivity index (χ0v) is 21.9. The van der Waals surface area contributed by atoms with Crippen LogP contribution in [0.5, 0.6) is 0 Å². The van der Waals surface area contributed by atoms with Crippen LogP contribution in [-0.4, -0.2) is 53.6 Å². The molecule has 0 atom stereocenters. The van der Waals surface area contributed by atoms with Crippen molar-refractivity contribution in [3.05, 3.63) is 45.3 Å². The number of aromatic nitrogens is 4. The monoisotopic (exact) mass is 535 g/mol. The van der Waals surface area contributed by atoms with Gasteiger partial charge >= 0.3 is 6.03 Å². The highest BCUT2D eigenvalue weighted by Crippen LogP contribution is 2.34. The summed E-state index contributed by atoms with van der Waals surface area (Å²) in [5.74, 6) is -0.227. The first-order valence-electron chi connectivity index (χ1n) is 10.3. The number of fused-ring (bicyclic) bond motifs is 1. The van der Waals surface area contributed by atoms with Crippen LogP contribution < -0.4 is 15.1 Å². The number of amides is 3. The molecule has 4 heterocycles. The first-order valence-corrected chi connectivity index (χ1v) is 13.4. The number of carbonyl (C=O) groups excluding carboxylic acids is 2. The van der Waals surface area contributed by atoms with Crippen LogP contribution in [0.3, 0.4) is 0 Å². The number of anilines is 3. The van der Waals surface area contributed by atoms with Crippen molar-refractivity contribution in [3.8, 4) is 0 Å². The summed E-state index contributed by atoms with van der Waals surface area (Å²) in [5.41, 5.74) is 1.19. The molecule has 3 aromatic rings. The Morgan fingerprint density at radius 3 is 2.54 bits per heavy atom. The van der Waals surface area contributed by atoms with E-state index in [1.807, 2.05) is 20.8 Å². The van der Waals surface area contributed by atoms with Crippen LogP contribution in [-0.2, 0) is 21.8 Å². The van der Waals surface area contributed by atoms with Crippen molar-refractivity contribution in [2.45, 2.75) is 37.9 Å². The van der Waals surface area contributed by atoms with Gasteiger partial charge in [0, 0.05) is 35.9 Å². The number of nitrogens with one attached hydrogen (secondary N) is 1. The number of hydrogen-bond acceptors (Lipinski definition) is 9. The second-order valence-corrected chi connectivity index (χ2v) is 12.1. The minimum atomic E-state index is -3.65. The molecule has 3 aromatic heterocycles. The van der Waals surface area contributed by atoms with Crippen LogP contribution in [0.4, 0.5) is 22.0 Å². The Labute approximate surface area is 211 Å². The summed E-state index contributed by atoms with van der Waals surface area (Å²) in [4.78, 5) is 44.9. The molecule has 4 rings (SSSR count). The van der Waals surface area contributed by atoms with Gasteiger partial charge in [0.25, 0.3) is 5.91 Å². The molecule has 1 aliphatic heterocycles. The van der Waals surface area contributed by atoms with E-state index in [-0.39, 0.29) is 39.5 Å². The third kappa shape index (κ3) is 4.97. The molecule has 0 aromatic carbocycles. The average molecular weight is 536 g/mol. The molecule has 0 saturated heterocycles. The molecule has 1 N–H and O–H groups in total. The van der Waals surface area contributed by atoms with Crippen molar-refractivity contribution < 1.29 is 18.0 Å². The lowest BCUT2D eigenvalue weighted by Gasteiger charge is -2.34. The molecule has 0 saturated carbocycles. The van der Waals surface area contributed by atoms with Gasteiger partial charge in [0.2, 0.25) is 15.0 Å². The Hall–Kier alpha value is -3.16. The van der Waals surface area contributed by atoms with Crippen LogP contribution in [0.25, 0.3) is 0 Å². The lowest BCUT2D eigenvalue weighted by molar-refractivity contribution is 0.102. The molecule has 0 radical (unpaired) electrons. The van der Waals surface area contributed by atoms with Gasteiger partial charge in [0.1, 0.15) is 11.5 Å². The first kappa shape index (κ1) is 24.9. The van der Waals surface area contributed by atoms with E-state index in [4.69, 9.17) is 11.6 Å². The third-order valence-corrected chi connectivity index (χ3v) is 7.48. The summed E-state index contributed by atoms with van der Waals surface area (Å²) in [5, 5.41) is 4.94. The highest BCUT2D eigenvalue weighted by atomic mass is 35.5. The van der Waals surface area contributed by atoms with Crippen LogP contribution in [0.1, 0.15) is 41.8 Å². The quantitative estimate of drug-likeness (QED) is 0.395. The van der Waals surface area contributed by atoms with Gasteiger partial charge in [0.05, 0.1) is 29.1 Å².